The van der Waals surface area contributed by atoms with Crippen molar-refractivity contribution < 1.29 is 18.7 Å². The van der Waals surface area contributed by atoms with Gasteiger partial charge in [-0.15, -0.1) is 10.2 Å². The molecule has 3 rings (SSSR count). The maximum absolute atomic E-state index is 11.3. The van der Waals surface area contributed by atoms with Crippen molar-refractivity contribution in [1.29, 1.82) is 0 Å². The van der Waals surface area contributed by atoms with Gasteiger partial charge < -0.3 is 13.9 Å². The Morgan fingerprint density at radius 2 is 1.83 bits per heavy atom. The van der Waals surface area contributed by atoms with Crippen LogP contribution in [-0.2, 0) is 9.53 Å². The average molecular weight is 325 g/mol. The highest BCUT2D eigenvalue weighted by atomic mass is 16.6. The van der Waals surface area contributed by atoms with Crippen LogP contribution in [0, 0.1) is 0 Å². The summed E-state index contributed by atoms with van der Waals surface area (Å²) in [5, 5.41) is 8.05. The number of benzene rings is 1. The molecule has 3 aromatic rings. The molecule has 0 aliphatic rings. The Kier molecular flexibility index (Phi) is 4.81. The quantitative estimate of drug-likeness (QED) is 0.644. The van der Waals surface area contributed by atoms with Crippen LogP contribution in [0.1, 0.15) is 6.92 Å². The van der Waals surface area contributed by atoms with E-state index in [0.717, 1.165) is 11.1 Å². The number of ether oxygens (including phenoxy) is 2. The topological polar surface area (TPSA) is 87.3 Å². The Morgan fingerprint density at radius 3 is 2.50 bits per heavy atom. The standard InChI is InChI=1S/C17H15N3O4/c1-2-22-15(21)11-23-14-7-5-12(6-8-14)16-19-20-17(24-16)13-4-3-9-18-10-13/h3-10H,2,11H2,1H3. The first kappa shape index (κ1) is 15.7. The lowest BCUT2D eigenvalue weighted by Crippen LogP contribution is -2.14. The van der Waals surface area contributed by atoms with E-state index >= 15 is 0 Å². The third kappa shape index (κ3) is 3.75. The molecule has 0 amide bonds. The summed E-state index contributed by atoms with van der Waals surface area (Å²) in [6.07, 6.45) is 3.33. The minimum Gasteiger partial charge on any atom is -0.482 e. The normalized spacial score (nSPS) is 10.4. The van der Waals surface area contributed by atoms with E-state index in [1.807, 2.05) is 6.07 Å². The van der Waals surface area contributed by atoms with Crippen molar-refractivity contribution in [3.63, 3.8) is 0 Å². The lowest BCUT2D eigenvalue weighted by molar-refractivity contribution is -0.145. The van der Waals surface area contributed by atoms with Crippen molar-refractivity contribution in [3.05, 3.63) is 48.8 Å². The number of carbonyl (C=O) groups is 1. The minimum absolute atomic E-state index is 0.126. The number of nitrogens with zero attached hydrogens (tertiary/aromatic N) is 3. The minimum atomic E-state index is -0.403. The molecule has 0 aliphatic carbocycles. The van der Waals surface area contributed by atoms with E-state index in [0.29, 0.717) is 24.1 Å². The number of esters is 1. The van der Waals surface area contributed by atoms with Gasteiger partial charge in [0.15, 0.2) is 6.61 Å². The molecular weight excluding hydrogens is 310 g/mol. The summed E-state index contributed by atoms with van der Waals surface area (Å²) in [6, 6.07) is 10.7. The summed E-state index contributed by atoms with van der Waals surface area (Å²) >= 11 is 0. The first-order valence-corrected chi connectivity index (χ1v) is 7.39. The van der Waals surface area contributed by atoms with Crippen molar-refractivity contribution >= 4 is 5.97 Å². The molecule has 2 heterocycles. The highest BCUT2D eigenvalue weighted by Crippen LogP contribution is 2.24. The second-order valence-electron chi connectivity index (χ2n) is 4.77. The smallest absolute Gasteiger partial charge is 0.344 e. The van der Waals surface area contributed by atoms with Gasteiger partial charge in [0.2, 0.25) is 11.8 Å². The summed E-state index contributed by atoms with van der Waals surface area (Å²) < 4.78 is 15.8. The van der Waals surface area contributed by atoms with Crippen LogP contribution in [0.15, 0.2) is 53.2 Å². The molecule has 1 aromatic carbocycles. The van der Waals surface area contributed by atoms with Gasteiger partial charge in [0.25, 0.3) is 0 Å². The molecule has 0 bridgehead atoms. The molecule has 24 heavy (non-hydrogen) atoms. The fraction of sp³-hybridized carbons (Fsp3) is 0.176. The molecule has 0 unspecified atom stereocenters. The molecule has 7 heteroatoms. The van der Waals surface area contributed by atoms with Crippen molar-refractivity contribution in [2.75, 3.05) is 13.2 Å². The predicted octanol–water partition coefficient (Wildman–Crippen LogP) is 2.74. The zero-order valence-corrected chi connectivity index (χ0v) is 13.0. The van der Waals surface area contributed by atoms with E-state index in [9.17, 15) is 4.79 Å². The first-order valence-electron chi connectivity index (χ1n) is 7.39. The van der Waals surface area contributed by atoms with Gasteiger partial charge in [-0.2, -0.15) is 0 Å². The third-order valence-corrected chi connectivity index (χ3v) is 3.10. The van der Waals surface area contributed by atoms with Crippen LogP contribution in [0.5, 0.6) is 5.75 Å². The largest absolute Gasteiger partial charge is 0.482 e. The van der Waals surface area contributed by atoms with Gasteiger partial charge in [-0.05, 0) is 43.3 Å². The maximum atomic E-state index is 11.3. The molecule has 2 aromatic heterocycles. The van der Waals surface area contributed by atoms with Gasteiger partial charge in [0.05, 0.1) is 12.2 Å². The van der Waals surface area contributed by atoms with Crippen LogP contribution < -0.4 is 4.74 Å². The molecule has 0 spiro atoms. The number of pyridine rings is 1. The van der Waals surface area contributed by atoms with E-state index < -0.39 is 5.97 Å². The van der Waals surface area contributed by atoms with Crippen LogP contribution in [0.2, 0.25) is 0 Å². The van der Waals surface area contributed by atoms with Crippen LogP contribution in [0.25, 0.3) is 22.9 Å². The van der Waals surface area contributed by atoms with Gasteiger partial charge in [-0.25, -0.2) is 4.79 Å². The summed E-state index contributed by atoms with van der Waals surface area (Å²) in [7, 11) is 0. The van der Waals surface area contributed by atoms with Crippen LogP contribution in [0.4, 0.5) is 0 Å². The van der Waals surface area contributed by atoms with Gasteiger partial charge in [-0.1, -0.05) is 0 Å². The average Bonchev–Trinajstić information content (AvgIpc) is 3.12. The van der Waals surface area contributed by atoms with E-state index in [4.69, 9.17) is 13.9 Å². The molecule has 0 aliphatic heterocycles. The second kappa shape index (κ2) is 7.36. The number of aromatic nitrogens is 3. The molecule has 0 saturated carbocycles. The van der Waals surface area contributed by atoms with Crippen molar-refractivity contribution in [1.82, 2.24) is 15.2 Å². The molecular formula is C17H15N3O4. The highest BCUT2D eigenvalue weighted by molar-refractivity contribution is 5.71. The molecule has 0 radical (unpaired) electrons. The molecule has 0 fully saturated rings. The third-order valence-electron chi connectivity index (χ3n) is 3.10. The zero-order chi connectivity index (χ0) is 16.8. The van der Waals surface area contributed by atoms with E-state index in [2.05, 4.69) is 15.2 Å². The number of rotatable bonds is 6. The fourth-order valence-electron chi connectivity index (χ4n) is 1.98. The zero-order valence-electron chi connectivity index (χ0n) is 13.0. The van der Waals surface area contributed by atoms with E-state index in [1.165, 1.54) is 0 Å². The maximum Gasteiger partial charge on any atom is 0.344 e. The molecule has 7 nitrogen and oxygen atoms in total. The number of hydrogen-bond acceptors (Lipinski definition) is 7. The number of hydrogen-bond donors (Lipinski definition) is 0. The molecule has 0 N–H and O–H groups in total. The lowest BCUT2D eigenvalue weighted by atomic mass is 10.2. The number of carbonyl (C=O) groups excluding carboxylic acids is 1. The summed E-state index contributed by atoms with van der Waals surface area (Å²) in [5.41, 5.74) is 1.51. The van der Waals surface area contributed by atoms with Gasteiger partial charge in [-0.3, -0.25) is 4.98 Å². The molecule has 122 valence electrons. The summed E-state index contributed by atoms with van der Waals surface area (Å²) in [5.74, 6) is 0.949. The predicted molar refractivity (Wildman–Crippen MR) is 85.1 cm³/mol. The van der Waals surface area contributed by atoms with E-state index in [1.54, 1.807) is 49.6 Å². The lowest BCUT2D eigenvalue weighted by Gasteiger charge is -2.05. The van der Waals surface area contributed by atoms with Crippen LogP contribution in [-0.4, -0.2) is 34.4 Å². The summed E-state index contributed by atoms with van der Waals surface area (Å²) in [6.45, 7) is 1.95. The Balaban J connectivity index is 1.68. The molecule has 0 saturated heterocycles. The SMILES string of the molecule is CCOC(=O)COc1ccc(-c2nnc(-c3cccnc3)o2)cc1. The van der Waals surface area contributed by atoms with Gasteiger partial charge >= 0.3 is 5.97 Å². The van der Waals surface area contributed by atoms with Gasteiger partial charge in [0.1, 0.15) is 5.75 Å². The fourth-order valence-corrected chi connectivity index (χ4v) is 1.98. The van der Waals surface area contributed by atoms with Crippen molar-refractivity contribution in [2.45, 2.75) is 6.92 Å². The monoisotopic (exact) mass is 325 g/mol. The van der Waals surface area contributed by atoms with Crippen molar-refractivity contribution in [3.8, 4) is 28.7 Å². The second-order valence-corrected chi connectivity index (χ2v) is 4.77. The highest BCUT2D eigenvalue weighted by Gasteiger charge is 2.11. The summed E-state index contributed by atoms with van der Waals surface area (Å²) in [4.78, 5) is 15.3. The Labute approximate surface area is 138 Å². The van der Waals surface area contributed by atoms with Gasteiger partial charge in [0, 0.05) is 18.0 Å². The Bertz CT molecular complexity index is 800. The molecule has 0 atom stereocenters. The van der Waals surface area contributed by atoms with Crippen molar-refractivity contribution in [2.24, 2.45) is 0 Å². The van der Waals surface area contributed by atoms with Crippen LogP contribution in [0.3, 0.4) is 0 Å². The van der Waals surface area contributed by atoms with Crippen LogP contribution >= 0.6 is 0 Å². The van der Waals surface area contributed by atoms with E-state index in [-0.39, 0.29) is 6.61 Å². The Hall–Kier alpha value is -3.22. The first-order chi connectivity index (χ1) is 11.8. The Morgan fingerprint density at radius 1 is 1.08 bits per heavy atom.